The maximum absolute atomic E-state index is 5.14. The lowest BCUT2D eigenvalue weighted by Gasteiger charge is -2.28. The molecule has 0 N–H and O–H groups in total. The highest BCUT2D eigenvalue weighted by atomic mass is 16.5. The number of likely N-dealkylation sites (tertiary alicyclic amines) is 1. The minimum absolute atomic E-state index is 0.624. The molecule has 0 unspecified atom stereocenters. The average Bonchev–Trinajstić information content (AvgIpc) is 2.43. The van der Waals surface area contributed by atoms with Crippen LogP contribution in [0.1, 0.15) is 39.5 Å². The van der Waals surface area contributed by atoms with Crippen LogP contribution in [0.3, 0.4) is 0 Å². The van der Waals surface area contributed by atoms with Gasteiger partial charge >= 0.3 is 0 Å². The van der Waals surface area contributed by atoms with Crippen LogP contribution in [0, 0.1) is 0 Å². The monoisotopic (exact) mass is 250 g/mol. The molecule has 1 aliphatic rings. The first-order chi connectivity index (χ1) is 8.81. The molecular formula is C15H26N2O. The summed E-state index contributed by atoms with van der Waals surface area (Å²) in [5, 5.41) is 0. The van der Waals surface area contributed by atoms with Gasteiger partial charge in [0.05, 0.1) is 6.61 Å². The molecule has 18 heavy (non-hydrogen) atoms. The lowest BCUT2D eigenvalue weighted by atomic mass is 10.1. The molecule has 1 heterocycles. The van der Waals surface area contributed by atoms with Gasteiger partial charge in [-0.15, -0.1) is 0 Å². The normalized spacial score (nSPS) is 18.7. The zero-order valence-electron chi connectivity index (χ0n) is 12.0. The van der Waals surface area contributed by atoms with Gasteiger partial charge in [-0.1, -0.05) is 13.0 Å². The Bertz CT molecular complexity index is 312. The number of ether oxygens (including phenoxy) is 1. The molecule has 0 saturated carbocycles. The molecule has 1 rings (SSSR count). The summed E-state index contributed by atoms with van der Waals surface area (Å²) in [4.78, 5) is 7.03. The highest BCUT2D eigenvalue weighted by Crippen LogP contribution is 2.16. The third-order valence-corrected chi connectivity index (χ3v) is 3.11. The Morgan fingerprint density at radius 3 is 2.56 bits per heavy atom. The molecule has 3 heteroatoms. The largest absolute Gasteiger partial charge is 0.380 e. The molecule has 0 aliphatic carbocycles. The Kier molecular flexibility index (Phi) is 7.42. The molecule has 1 aliphatic heterocycles. The minimum Gasteiger partial charge on any atom is -0.380 e. The van der Waals surface area contributed by atoms with Crippen LogP contribution in [0.2, 0.25) is 0 Å². The zero-order chi connectivity index (χ0) is 13.2. The van der Waals surface area contributed by atoms with E-state index >= 15 is 0 Å². The van der Waals surface area contributed by atoms with Gasteiger partial charge in [0.25, 0.3) is 0 Å². The SMILES string of the molecule is C\C=C(/C=N\C(=C\CC)N1CCCCC1)COC. The third-order valence-electron chi connectivity index (χ3n) is 3.11. The predicted molar refractivity (Wildman–Crippen MR) is 77.9 cm³/mol. The standard InChI is InChI=1S/C15H26N2O/c1-4-9-15(17-10-7-6-8-11-17)16-12-14(5-2)13-18-3/h5,9,12H,4,6-8,10-11,13H2,1-3H3/b14-5+,15-9-,16-12-. The van der Waals surface area contributed by atoms with Crippen molar-refractivity contribution in [3.63, 3.8) is 0 Å². The molecule has 0 aromatic heterocycles. The summed E-state index contributed by atoms with van der Waals surface area (Å²) in [6.45, 7) is 7.08. The first kappa shape index (κ1) is 15.0. The van der Waals surface area contributed by atoms with Crippen LogP contribution in [0.25, 0.3) is 0 Å². The van der Waals surface area contributed by atoms with E-state index in [-0.39, 0.29) is 0 Å². The van der Waals surface area contributed by atoms with Gasteiger partial charge in [0.2, 0.25) is 0 Å². The van der Waals surface area contributed by atoms with E-state index in [9.17, 15) is 0 Å². The molecule has 1 saturated heterocycles. The maximum Gasteiger partial charge on any atom is 0.124 e. The predicted octanol–water partition coefficient (Wildman–Crippen LogP) is 3.39. The highest BCUT2D eigenvalue weighted by molar-refractivity contribution is 5.79. The second kappa shape index (κ2) is 8.92. The second-order valence-electron chi connectivity index (χ2n) is 4.57. The molecule has 0 bridgehead atoms. The Morgan fingerprint density at radius 2 is 2.00 bits per heavy atom. The molecular weight excluding hydrogens is 224 g/mol. The van der Waals surface area contributed by atoms with E-state index in [2.05, 4.69) is 22.9 Å². The fourth-order valence-corrected chi connectivity index (χ4v) is 2.08. The van der Waals surface area contributed by atoms with Crippen molar-refractivity contribution in [1.82, 2.24) is 4.90 Å². The fraction of sp³-hybridized carbons (Fsp3) is 0.667. The van der Waals surface area contributed by atoms with Crippen molar-refractivity contribution in [3.05, 3.63) is 23.5 Å². The summed E-state index contributed by atoms with van der Waals surface area (Å²) < 4.78 is 5.14. The van der Waals surface area contributed by atoms with Crippen molar-refractivity contribution in [3.8, 4) is 0 Å². The van der Waals surface area contributed by atoms with Crippen LogP contribution in [0.4, 0.5) is 0 Å². The number of aliphatic imine (C=N–C) groups is 1. The Balaban J connectivity index is 2.67. The van der Waals surface area contributed by atoms with Crippen molar-refractivity contribution in [2.75, 3.05) is 26.8 Å². The van der Waals surface area contributed by atoms with Gasteiger partial charge in [-0.25, -0.2) is 4.99 Å². The van der Waals surface area contributed by atoms with Crippen molar-refractivity contribution in [2.45, 2.75) is 39.5 Å². The number of nitrogens with zero attached hydrogens (tertiary/aromatic N) is 2. The number of methoxy groups -OCH3 is 1. The zero-order valence-corrected chi connectivity index (χ0v) is 12.0. The summed E-state index contributed by atoms with van der Waals surface area (Å²) >= 11 is 0. The molecule has 3 nitrogen and oxygen atoms in total. The molecule has 0 atom stereocenters. The van der Waals surface area contributed by atoms with Gasteiger partial charge in [0, 0.05) is 26.4 Å². The van der Waals surface area contributed by atoms with Crippen molar-refractivity contribution in [1.29, 1.82) is 0 Å². The van der Waals surface area contributed by atoms with E-state index < -0.39 is 0 Å². The molecule has 102 valence electrons. The molecule has 0 aromatic carbocycles. The van der Waals surface area contributed by atoms with Crippen molar-refractivity contribution < 1.29 is 4.74 Å². The summed E-state index contributed by atoms with van der Waals surface area (Å²) in [5.41, 5.74) is 1.12. The van der Waals surface area contributed by atoms with E-state index in [1.54, 1.807) is 7.11 Å². The number of hydrogen-bond donors (Lipinski definition) is 0. The molecule has 0 spiro atoms. The second-order valence-corrected chi connectivity index (χ2v) is 4.57. The minimum atomic E-state index is 0.624. The summed E-state index contributed by atoms with van der Waals surface area (Å²) in [6.07, 6.45) is 11.1. The molecule has 0 aromatic rings. The van der Waals surface area contributed by atoms with Gasteiger partial charge in [0.15, 0.2) is 0 Å². The van der Waals surface area contributed by atoms with Crippen molar-refractivity contribution in [2.24, 2.45) is 4.99 Å². The van der Waals surface area contributed by atoms with Crippen LogP contribution in [-0.4, -0.2) is 37.9 Å². The molecule has 0 radical (unpaired) electrons. The van der Waals surface area contributed by atoms with Crippen molar-refractivity contribution >= 4 is 6.21 Å². The van der Waals surface area contributed by atoms with E-state index in [1.165, 1.54) is 19.3 Å². The number of allylic oxidation sites excluding steroid dienone is 2. The van der Waals surface area contributed by atoms with Crippen LogP contribution >= 0.6 is 0 Å². The first-order valence-electron chi connectivity index (χ1n) is 6.95. The van der Waals surface area contributed by atoms with Gasteiger partial charge in [-0.2, -0.15) is 0 Å². The van der Waals surface area contributed by atoms with E-state index in [0.29, 0.717) is 6.61 Å². The summed E-state index contributed by atoms with van der Waals surface area (Å²) in [5.74, 6) is 1.12. The molecule has 0 amide bonds. The Labute approximate surface area is 111 Å². The van der Waals surface area contributed by atoms with Gasteiger partial charge in [-0.05, 0) is 44.3 Å². The van der Waals surface area contributed by atoms with Gasteiger partial charge in [0.1, 0.15) is 5.82 Å². The van der Waals surface area contributed by atoms with Gasteiger partial charge < -0.3 is 9.64 Å². The quantitative estimate of drug-likeness (QED) is 0.675. The Morgan fingerprint density at radius 1 is 1.28 bits per heavy atom. The lowest BCUT2D eigenvalue weighted by Crippen LogP contribution is -2.28. The topological polar surface area (TPSA) is 24.8 Å². The summed E-state index contributed by atoms with van der Waals surface area (Å²) in [7, 11) is 1.71. The van der Waals surface area contributed by atoms with E-state index in [1.807, 2.05) is 19.2 Å². The van der Waals surface area contributed by atoms with E-state index in [0.717, 1.165) is 30.9 Å². The highest BCUT2D eigenvalue weighted by Gasteiger charge is 2.11. The van der Waals surface area contributed by atoms with Gasteiger partial charge in [-0.3, -0.25) is 0 Å². The third kappa shape index (κ3) is 5.05. The Hall–Kier alpha value is -1.09. The molecule has 1 fully saturated rings. The van der Waals surface area contributed by atoms with Crippen LogP contribution in [0.15, 0.2) is 28.5 Å². The van der Waals surface area contributed by atoms with Crippen LogP contribution in [-0.2, 0) is 4.74 Å². The number of rotatable bonds is 6. The summed E-state index contributed by atoms with van der Waals surface area (Å²) in [6, 6.07) is 0. The van der Waals surface area contributed by atoms with E-state index in [4.69, 9.17) is 4.74 Å². The first-order valence-corrected chi connectivity index (χ1v) is 6.95. The fourth-order valence-electron chi connectivity index (χ4n) is 2.08. The average molecular weight is 250 g/mol. The smallest absolute Gasteiger partial charge is 0.124 e. The number of piperidine rings is 1. The van der Waals surface area contributed by atoms with Crippen LogP contribution < -0.4 is 0 Å². The maximum atomic E-state index is 5.14. The number of hydrogen-bond acceptors (Lipinski definition) is 3. The van der Waals surface area contributed by atoms with Crippen LogP contribution in [0.5, 0.6) is 0 Å². The lowest BCUT2D eigenvalue weighted by molar-refractivity contribution is 0.230.